The summed E-state index contributed by atoms with van der Waals surface area (Å²) >= 11 is 0. The molecule has 3 nitrogen and oxygen atoms in total. The zero-order valence-electron chi connectivity index (χ0n) is 7.78. The summed E-state index contributed by atoms with van der Waals surface area (Å²) in [6.45, 7) is 0. The van der Waals surface area contributed by atoms with Crippen molar-refractivity contribution in [2.75, 3.05) is 0 Å². The molecule has 1 aromatic heterocycles. The van der Waals surface area contributed by atoms with Crippen LogP contribution in [0.25, 0.3) is 0 Å². The second kappa shape index (κ2) is 3.25. The van der Waals surface area contributed by atoms with E-state index in [0.29, 0.717) is 18.4 Å². The van der Waals surface area contributed by atoms with Crippen LogP contribution in [0.5, 0.6) is 0 Å². The maximum absolute atomic E-state index is 12.7. The van der Waals surface area contributed by atoms with Crippen molar-refractivity contribution < 1.29 is 18.7 Å². The first-order chi connectivity index (χ1) is 7.06. The predicted molar refractivity (Wildman–Crippen MR) is 48.1 cm³/mol. The van der Waals surface area contributed by atoms with Gasteiger partial charge in [-0.3, -0.25) is 0 Å². The molecule has 0 aromatic carbocycles. The summed E-state index contributed by atoms with van der Waals surface area (Å²) in [5, 5.41) is 8.68. The average Bonchev–Trinajstić information content (AvgIpc) is 2.98. The van der Waals surface area contributed by atoms with Crippen LogP contribution in [0, 0.1) is 0 Å². The van der Waals surface area contributed by atoms with E-state index in [4.69, 9.17) is 5.11 Å². The van der Waals surface area contributed by atoms with E-state index >= 15 is 0 Å². The average molecular weight is 213 g/mol. The van der Waals surface area contributed by atoms with Crippen LogP contribution in [0.3, 0.4) is 0 Å². The number of aromatic carboxylic acids is 1. The standard InChI is InChI=1S/C10H9F2NO2/c11-9(12)10(2-3-10)6-1-4-13-7(5-6)8(14)15/h1,4-5,9H,2-3H2,(H,14,15). The first-order valence-corrected chi connectivity index (χ1v) is 4.54. The highest BCUT2D eigenvalue weighted by molar-refractivity contribution is 5.85. The number of halogens is 2. The molecule has 0 unspecified atom stereocenters. The largest absolute Gasteiger partial charge is 0.477 e. The highest BCUT2D eigenvalue weighted by Crippen LogP contribution is 2.52. The lowest BCUT2D eigenvalue weighted by Crippen LogP contribution is -2.18. The number of hydrogen-bond acceptors (Lipinski definition) is 2. The molecule has 0 spiro atoms. The first kappa shape index (κ1) is 10.0. The smallest absolute Gasteiger partial charge is 0.354 e. The Hall–Kier alpha value is -1.52. The van der Waals surface area contributed by atoms with Gasteiger partial charge in [0.2, 0.25) is 6.43 Å². The molecule has 1 N–H and O–H groups in total. The lowest BCUT2D eigenvalue weighted by molar-refractivity contribution is 0.0688. The Kier molecular flexibility index (Phi) is 2.17. The van der Waals surface area contributed by atoms with Gasteiger partial charge in [-0.15, -0.1) is 0 Å². The molecule has 15 heavy (non-hydrogen) atoms. The summed E-state index contributed by atoms with van der Waals surface area (Å²) in [7, 11) is 0. The molecule has 0 bridgehead atoms. The summed E-state index contributed by atoms with van der Waals surface area (Å²) in [6, 6.07) is 2.70. The van der Waals surface area contributed by atoms with Crippen LogP contribution in [-0.4, -0.2) is 22.5 Å². The molecule has 0 amide bonds. The van der Waals surface area contributed by atoms with Gasteiger partial charge in [-0.2, -0.15) is 0 Å². The fourth-order valence-corrected chi connectivity index (χ4v) is 1.62. The van der Waals surface area contributed by atoms with E-state index in [1.807, 2.05) is 0 Å². The lowest BCUT2D eigenvalue weighted by atomic mass is 9.97. The summed E-state index contributed by atoms with van der Waals surface area (Å²) in [5.74, 6) is -1.19. The summed E-state index contributed by atoms with van der Waals surface area (Å²) in [6.07, 6.45) is -0.357. The fourth-order valence-electron chi connectivity index (χ4n) is 1.62. The number of alkyl halides is 2. The maximum Gasteiger partial charge on any atom is 0.354 e. The molecule has 0 atom stereocenters. The SMILES string of the molecule is O=C(O)c1cc(C2(C(F)F)CC2)ccn1. The Morgan fingerprint density at radius 1 is 1.53 bits per heavy atom. The molecule has 2 rings (SSSR count). The minimum Gasteiger partial charge on any atom is -0.477 e. The summed E-state index contributed by atoms with van der Waals surface area (Å²) in [5.41, 5.74) is -0.919. The van der Waals surface area contributed by atoms with Gasteiger partial charge in [0.05, 0.1) is 5.41 Å². The molecular weight excluding hydrogens is 204 g/mol. The van der Waals surface area contributed by atoms with Crippen LogP contribution in [0.4, 0.5) is 8.78 Å². The number of carbonyl (C=O) groups is 1. The van der Waals surface area contributed by atoms with Crippen molar-refractivity contribution in [2.24, 2.45) is 0 Å². The van der Waals surface area contributed by atoms with Crippen LogP contribution < -0.4 is 0 Å². The van der Waals surface area contributed by atoms with Crippen molar-refractivity contribution in [3.63, 3.8) is 0 Å². The number of rotatable bonds is 3. The van der Waals surface area contributed by atoms with Gasteiger partial charge < -0.3 is 5.11 Å². The van der Waals surface area contributed by atoms with Crippen LogP contribution in [0.1, 0.15) is 28.9 Å². The van der Waals surface area contributed by atoms with Crippen LogP contribution >= 0.6 is 0 Å². The lowest BCUT2D eigenvalue weighted by Gasteiger charge is -2.14. The van der Waals surface area contributed by atoms with E-state index in [9.17, 15) is 13.6 Å². The van der Waals surface area contributed by atoms with Gasteiger partial charge >= 0.3 is 5.97 Å². The van der Waals surface area contributed by atoms with Gasteiger partial charge in [0.1, 0.15) is 5.69 Å². The molecular formula is C10H9F2NO2. The molecule has 1 aliphatic carbocycles. The molecule has 0 aliphatic heterocycles. The molecule has 80 valence electrons. The number of aromatic nitrogens is 1. The number of hydrogen-bond donors (Lipinski definition) is 1. The molecule has 1 aliphatic rings. The van der Waals surface area contributed by atoms with Gasteiger partial charge in [-0.1, -0.05) is 0 Å². The number of nitrogens with zero attached hydrogens (tertiary/aromatic N) is 1. The van der Waals surface area contributed by atoms with Crippen LogP contribution in [-0.2, 0) is 5.41 Å². The van der Waals surface area contributed by atoms with Crippen molar-refractivity contribution in [3.8, 4) is 0 Å². The van der Waals surface area contributed by atoms with Crippen molar-refractivity contribution in [1.82, 2.24) is 4.98 Å². The highest BCUT2D eigenvalue weighted by Gasteiger charge is 2.52. The van der Waals surface area contributed by atoms with E-state index in [-0.39, 0.29) is 5.69 Å². The topological polar surface area (TPSA) is 50.2 Å². The van der Waals surface area contributed by atoms with Gasteiger partial charge in [0, 0.05) is 6.20 Å². The van der Waals surface area contributed by atoms with Crippen molar-refractivity contribution >= 4 is 5.97 Å². The second-order valence-corrected chi connectivity index (χ2v) is 3.69. The van der Waals surface area contributed by atoms with E-state index in [2.05, 4.69) is 4.98 Å². The zero-order valence-corrected chi connectivity index (χ0v) is 7.78. The quantitative estimate of drug-likeness (QED) is 0.836. The monoisotopic (exact) mass is 213 g/mol. The van der Waals surface area contributed by atoms with Gasteiger partial charge in [-0.25, -0.2) is 18.6 Å². The Morgan fingerprint density at radius 3 is 2.67 bits per heavy atom. The first-order valence-electron chi connectivity index (χ1n) is 4.54. The van der Waals surface area contributed by atoms with Crippen LogP contribution in [0.2, 0.25) is 0 Å². The van der Waals surface area contributed by atoms with Crippen LogP contribution in [0.15, 0.2) is 18.3 Å². The van der Waals surface area contributed by atoms with E-state index in [0.717, 1.165) is 0 Å². The molecule has 1 saturated carbocycles. The molecule has 1 aromatic rings. The number of carboxylic acid groups (broad SMARTS) is 1. The molecule has 5 heteroatoms. The van der Waals surface area contributed by atoms with Crippen molar-refractivity contribution in [2.45, 2.75) is 24.7 Å². The maximum atomic E-state index is 12.7. The fraction of sp³-hybridized carbons (Fsp3) is 0.400. The highest BCUT2D eigenvalue weighted by atomic mass is 19.3. The Morgan fingerprint density at radius 2 is 2.20 bits per heavy atom. The number of carboxylic acids is 1. The number of pyridine rings is 1. The van der Waals surface area contributed by atoms with Gasteiger partial charge in [-0.05, 0) is 30.5 Å². The molecule has 1 heterocycles. The van der Waals surface area contributed by atoms with E-state index in [1.165, 1.54) is 18.3 Å². The zero-order chi connectivity index (χ0) is 11.1. The van der Waals surface area contributed by atoms with Crippen molar-refractivity contribution in [3.05, 3.63) is 29.6 Å². The Labute approximate surface area is 84.8 Å². The molecule has 1 fully saturated rings. The Bertz CT molecular complexity index is 402. The van der Waals surface area contributed by atoms with Crippen molar-refractivity contribution in [1.29, 1.82) is 0 Å². The molecule has 0 radical (unpaired) electrons. The van der Waals surface area contributed by atoms with Gasteiger partial charge in [0.15, 0.2) is 0 Å². The third-order valence-corrected chi connectivity index (χ3v) is 2.76. The molecule has 0 saturated heterocycles. The normalized spacial score (nSPS) is 17.8. The van der Waals surface area contributed by atoms with E-state index in [1.54, 1.807) is 0 Å². The third-order valence-electron chi connectivity index (χ3n) is 2.76. The van der Waals surface area contributed by atoms with E-state index < -0.39 is 17.8 Å². The summed E-state index contributed by atoms with van der Waals surface area (Å²) in [4.78, 5) is 14.2. The second-order valence-electron chi connectivity index (χ2n) is 3.69. The summed E-state index contributed by atoms with van der Waals surface area (Å²) < 4.78 is 25.5. The van der Waals surface area contributed by atoms with Gasteiger partial charge in [0.25, 0.3) is 0 Å². The third kappa shape index (κ3) is 1.58. The Balaban J connectivity index is 2.37. The predicted octanol–water partition coefficient (Wildman–Crippen LogP) is 2.08. The minimum atomic E-state index is -2.44. The minimum absolute atomic E-state index is 0.181.